The summed E-state index contributed by atoms with van der Waals surface area (Å²) in [4.78, 5) is 35.8. The first-order valence-electron chi connectivity index (χ1n) is 6.46. The van der Waals surface area contributed by atoms with Gasteiger partial charge >= 0.3 is 5.97 Å². The van der Waals surface area contributed by atoms with Gasteiger partial charge in [-0.2, -0.15) is 0 Å². The number of carbonyl (C=O) groups excluding carboxylic acids is 2. The third kappa shape index (κ3) is 2.70. The third-order valence-corrected chi connectivity index (χ3v) is 3.34. The van der Waals surface area contributed by atoms with E-state index in [1.165, 1.54) is 4.90 Å². The van der Waals surface area contributed by atoms with Gasteiger partial charge in [-0.25, -0.2) is 0 Å². The Bertz CT molecular complexity index is 521. The highest BCUT2D eigenvalue weighted by Gasteiger charge is 2.34. The molecule has 0 unspecified atom stereocenters. The van der Waals surface area contributed by atoms with Gasteiger partial charge in [-0.05, 0) is 31.4 Å². The molecule has 0 fully saturated rings. The molecule has 0 saturated heterocycles. The maximum Gasteiger partial charge on any atom is 0.320 e. The van der Waals surface area contributed by atoms with Gasteiger partial charge in [-0.15, -0.1) is 0 Å². The summed E-state index contributed by atoms with van der Waals surface area (Å²) in [5.41, 5.74) is 6.25. The lowest BCUT2D eigenvalue weighted by Gasteiger charge is -2.14. The van der Waals surface area contributed by atoms with Crippen molar-refractivity contribution in [2.45, 2.75) is 25.3 Å². The zero-order valence-corrected chi connectivity index (χ0v) is 10.9. The minimum atomic E-state index is -1.04. The van der Waals surface area contributed by atoms with Crippen molar-refractivity contribution in [1.82, 2.24) is 4.90 Å². The highest BCUT2D eigenvalue weighted by atomic mass is 16.4. The van der Waals surface area contributed by atoms with Crippen molar-refractivity contribution in [2.75, 3.05) is 6.54 Å². The van der Waals surface area contributed by atoms with Crippen molar-refractivity contribution in [3.63, 3.8) is 0 Å². The van der Waals surface area contributed by atoms with Gasteiger partial charge in [0.1, 0.15) is 6.04 Å². The second-order valence-corrected chi connectivity index (χ2v) is 4.75. The van der Waals surface area contributed by atoms with E-state index in [9.17, 15) is 14.4 Å². The SMILES string of the molecule is N[C@H](CCCCN1C(=O)c2ccccc2C1=O)C(=O)O. The molecular weight excluding hydrogens is 260 g/mol. The largest absolute Gasteiger partial charge is 0.480 e. The van der Waals surface area contributed by atoms with Crippen molar-refractivity contribution >= 4 is 17.8 Å². The van der Waals surface area contributed by atoms with Crippen molar-refractivity contribution in [2.24, 2.45) is 5.73 Å². The Kier molecular flexibility index (Phi) is 4.14. The average molecular weight is 276 g/mol. The van der Waals surface area contributed by atoms with Crippen LogP contribution in [0.15, 0.2) is 24.3 Å². The number of hydrogen-bond acceptors (Lipinski definition) is 4. The lowest BCUT2D eigenvalue weighted by atomic mass is 10.1. The molecule has 106 valence electrons. The van der Waals surface area contributed by atoms with Crippen molar-refractivity contribution in [3.05, 3.63) is 35.4 Å². The normalized spacial score (nSPS) is 15.3. The van der Waals surface area contributed by atoms with E-state index in [0.29, 0.717) is 36.9 Å². The summed E-state index contributed by atoms with van der Waals surface area (Å²) in [5.74, 6) is -1.60. The maximum atomic E-state index is 12.0. The first kappa shape index (κ1) is 14.2. The second kappa shape index (κ2) is 5.83. The maximum absolute atomic E-state index is 12.0. The van der Waals surface area contributed by atoms with E-state index >= 15 is 0 Å². The Morgan fingerprint density at radius 1 is 1.15 bits per heavy atom. The number of unbranched alkanes of at least 4 members (excludes halogenated alkanes) is 1. The summed E-state index contributed by atoms with van der Waals surface area (Å²) in [6, 6.07) is 5.82. The van der Waals surface area contributed by atoms with E-state index in [4.69, 9.17) is 10.8 Å². The predicted octanol–water partition coefficient (Wildman–Crippen LogP) is 0.865. The highest BCUT2D eigenvalue weighted by molar-refractivity contribution is 6.21. The van der Waals surface area contributed by atoms with Crippen molar-refractivity contribution in [1.29, 1.82) is 0 Å². The monoisotopic (exact) mass is 276 g/mol. The van der Waals surface area contributed by atoms with Crippen LogP contribution in [0.3, 0.4) is 0 Å². The molecule has 6 nitrogen and oxygen atoms in total. The number of nitrogens with two attached hydrogens (primary N) is 1. The number of fused-ring (bicyclic) bond motifs is 1. The summed E-state index contributed by atoms with van der Waals surface area (Å²) < 4.78 is 0. The topological polar surface area (TPSA) is 101 Å². The van der Waals surface area contributed by atoms with Gasteiger partial charge < -0.3 is 10.8 Å². The molecule has 2 rings (SSSR count). The number of carbonyl (C=O) groups is 3. The van der Waals surface area contributed by atoms with E-state index in [-0.39, 0.29) is 11.8 Å². The van der Waals surface area contributed by atoms with Crippen LogP contribution in [0.25, 0.3) is 0 Å². The molecule has 6 heteroatoms. The fourth-order valence-electron chi connectivity index (χ4n) is 2.20. The summed E-state index contributed by atoms with van der Waals surface area (Å²) >= 11 is 0. The van der Waals surface area contributed by atoms with E-state index in [1.54, 1.807) is 24.3 Å². The van der Waals surface area contributed by atoms with Gasteiger partial charge in [0.25, 0.3) is 11.8 Å². The second-order valence-electron chi connectivity index (χ2n) is 4.75. The molecule has 0 saturated carbocycles. The lowest BCUT2D eigenvalue weighted by Crippen LogP contribution is -2.32. The van der Waals surface area contributed by atoms with Gasteiger partial charge in [-0.1, -0.05) is 12.1 Å². The molecule has 20 heavy (non-hydrogen) atoms. The zero-order chi connectivity index (χ0) is 14.7. The van der Waals surface area contributed by atoms with Gasteiger partial charge in [0.05, 0.1) is 11.1 Å². The first-order chi connectivity index (χ1) is 9.52. The smallest absolute Gasteiger partial charge is 0.320 e. The van der Waals surface area contributed by atoms with Crippen LogP contribution in [0.5, 0.6) is 0 Å². The van der Waals surface area contributed by atoms with Gasteiger partial charge in [0.2, 0.25) is 0 Å². The van der Waals surface area contributed by atoms with Crippen LogP contribution in [-0.4, -0.2) is 40.4 Å². The number of hydrogen-bond donors (Lipinski definition) is 2. The fourth-order valence-corrected chi connectivity index (χ4v) is 2.20. The van der Waals surface area contributed by atoms with E-state index in [1.807, 2.05) is 0 Å². The molecule has 0 bridgehead atoms. The quantitative estimate of drug-likeness (QED) is 0.593. The molecule has 0 radical (unpaired) electrons. The molecule has 1 aromatic carbocycles. The summed E-state index contributed by atoms with van der Waals surface area (Å²) in [6.45, 7) is 0.290. The molecule has 0 spiro atoms. The van der Waals surface area contributed by atoms with E-state index in [0.717, 1.165) is 0 Å². The third-order valence-electron chi connectivity index (χ3n) is 3.34. The standard InChI is InChI=1S/C14H16N2O4/c15-11(14(19)20)7-3-4-8-16-12(17)9-5-1-2-6-10(9)13(16)18/h1-2,5-6,11H,3-4,7-8,15H2,(H,19,20)/t11-/m1/s1. The summed E-state index contributed by atoms with van der Waals surface area (Å²) in [5, 5.41) is 8.65. The molecule has 3 N–H and O–H groups in total. The molecular formula is C14H16N2O4. The number of benzene rings is 1. The molecule has 1 aliphatic heterocycles. The number of carboxylic acids is 1. The Hall–Kier alpha value is -2.21. The Balaban J connectivity index is 1.88. The highest BCUT2D eigenvalue weighted by Crippen LogP contribution is 2.22. The van der Waals surface area contributed by atoms with Crippen molar-refractivity contribution < 1.29 is 19.5 Å². The number of amides is 2. The van der Waals surface area contributed by atoms with Gasteiger partial charge in [0, 0.05) is 6.54 Å². The number of aliphatic carboxylic acids is 1. The van der Waals surface area contributed by atoms with Crippen molar-refractivity contribution in [3.8, 4) is 0 Å². The average Bonchev–Trinajstić information content (AvgIpc) is 2.68. The fraction of sp³-hybridized carbons (Fsp3) is 0.357. The molecule has 1 atom stereocenters. The van der Waals surface area contributed by atoms with E-state index < -0.39 is 12.0 Å². The lowest BCUT2D eigenvalue weighted by molar-refractivity contribution is -0.138. The minimum Gasteiger partial charge on any atom is -0.480 e. The summed E-state index contributed by atoms with van der Waals surface area (Å²) in [6.07, 6.45) is 1.44. The zero-order valence-electron chi connectivity index (χ0n) is 10.9. The van der Waals surface area contributed by atoms with Crippen LogP contribution in [0, 0.1) is 0 Å². The van der Waals surface area contributed by atoms with Crippen LogP contribution in [0.1, 0.15) is 40.0 Å². The molecule has 0 aromatic heterocycles. The Morgan fingerprint density at radius 3 is 2.20 bits per heavy atom. The minimum absolute atomic E-state index is 0.284. The molecule has 0 aliphatic carbocycles. The number of rotatable bonds is 6. The molecule has 1 aromatic rings. The van der Waals surface area contributed by atoms with Gasteiger partial charge in [-0.3, -0.25) is 19.3 Å². The van der Waals surface area contributed by atoms with Crippen LogP contribution in [0.2, 0.25) is 0 Å². The van der Waals surface area contributed by atoms with E-state index in [2.05, 4.69) is 0 Å². The molecule has 2 amide bonds. The molecule has 1 heterocycles. The Morgan fingerprint density at radius 2 is 1.70 bits per heavy atom. The first-order valence-corrected chi connectivity index (χ1v) is 6.46. The number of carboxylic acid groups (broad SMARTS) is 1. The van der Waals surface area contributed by atoms with Gasteiger partial charge in [0.15, 0.2) is 0 Å². The van der Waals surface area contributed by atoms with Crippen LogP contribution >= 0.6 is 0 Å². The number of nitrogens with zero attached hydrogens (tertiary/aromatic N) is 1. The Labute approximate surface area is 116 Å². The summed E-state index contributed by atoms with van der Waals surface area (Å²) in [7, 11) is 0. The predicted molar refractivity (Wildman–Crippen MR) is 71.3 cm³/mol. The molecule has 1 aliphatic rings. The number of imide groups is 1. The van der Waals surface area contributed by atoms with Crippen LogP contribution in [0.4, 0.5) is 0 Å². The van der Waals surface area contributed by atoms with Crippen LogP contribution in [-0.2, 0) is 4.79 Å². The van der Waals surface area contributed by atoms with Crippen LogP contribution < -0.4 is 5.73 Å².